The maximum atomic E-state index is 12.5. The van der Waals surface area contributed by atoms with Crippen LogP contribution in [0.3, 0.4) is 0 Å². The molecule has 4 rings (SSSR count). The number of rotatable bonds is 6. The van der Waals surface area contributed by atoms with Crippen molar-refractivity contribution in [3.05, 3.63) is 52.9 Å². The topological polar surface area (TPSA) is 96.8 Å². The zero-order valence-electron chi connectivity index (χ0n) is 16.1. The monoisotopic (exact) mass is 394 g/mol. The second kappa shape index (κ2) is 7.67. The van der Waals surface area contributed by atoms with Gasteiger partial charge in [-0.25, -0.2) is 4.79 Å². The fourth-order valence-corrected chi connectivity index (χ4v) is 2.96. The van der Waals surface area contributed by atoms with Gasteiger partial charge in [-0.1, -0.05) is 17.3 Å². The summed E-state index contributed by atoms with van der Waals surface area (Å²) in [7, 11) is 3.10. The third-order valence-corrected chi connectivity index (χ3v) is 4.32. The first-order valence-electron chi connectivity index (χ1n) is 8.90. The molecule has 0 bridgehead atoms. The molecule has 0 N–H and O–H groups in total. The number of hydrogen-bond acceptors (Lipinski definition) is 8. The van der Waals surface area contributed by atoms with Crippen molar-refractivity contribution in [3.63, 3.8) is 0 Å². The Morgan fingerprint density at radius 1 is 1.00 bits per heavy atom. The van der Waals surface area contributed by atoms with Gasteiger partial charge in [-0.3, -0.25) is 0 Å². The Balaban J connectivity index is 1.76. The third kappa shape index (κ3) is 3.40. The number of hydrogen-bond donors (Lipinski definition) is 0. The molecular formula is C21H18N2O6. The average molecular weight is 394 g/mol. The van der Waals surface area contributed by atoms with Gasteiger partial charge in [0.25, 0.3) is 5.89 Å². The summed E-state index contributed by atoms with van der Waals surface area (Å²) in [6.07, 6.45) is 0. The molecule has 0 saturated heterocycles. The van der Waals surface area contributed by atoms with Crippen LogP contribution in [0.15, 0.2) is 56.2 Å². The Hall–Kier alpha value is -3.81. The lowest BCUT2D eigenvalue weighted by Crippen LogP contribution is -2.04. The Kier molecular flexibility index (Phi) is 4.90. The molecule has 0 spiro atoms. The molecule has 0 aliphatic rings. The molecule has 0 unspecified atom stereocenters. The predicted molar refractivity (Wildman–Crippen MR) is 105 cm³/mol. The standard InChI is InChI=1S/C21H18N2O6/c1-4-27-16-7-5-6-12-10-14(21(24)28-18(12)16)20-22-19(23-29-20)13-8-9-15(25-2)17(11-13)26-3/h5-11H,4H2,1-3H3. The van der Waals surface area contributed by atoms with E-state index in [1.807, 2.05) is 19.1 Å². The fourth-order valence-electron chi connectivity index (χ4n) is 2.96. The van der Waals surface area contributed by atoms with E-state index >= 15 is 0 Å². The highest BCUT2D eigenvalue weighted by Crippen LogP contribution is 2.32. The first kappa shape index (κ1) is 18.5. The van der Waals surface area contributed by atoms with Crippen LogP contribution in [-0.4, -0.2) is 31.0 Å². The highest BCUT2D eigenvalue weighted by atomic mass is 16.5. The van der Waals surface area contributed by atoms with Crippen molar-refractivity contribution < 1.29 is 23.2 Å². The second-order valence-corrected chi connectivity index (χ2v) is 6.05. The van der Waals surface area contributed by atoms with Crippen LogP contribution >= 0.6 is 0 Å². The van der Waals surface area contributed by atoms with E-state index in [-0.39, 0.29) is 11.5 Å². The summed E-state index contributed by atoms with van der Waals surface area (Å²) in [6.45, 7) is 2.32. The van der Waals surface area contributed by atoms with Crippen molar-refractivity contribution in [1.82, 2.24) is 10.1 Å². The van der Waals surface area contributed by atoms with Crippen LogP contribution < -0.4 is 19.8 Å². The molecule has 0 aliphatic heterocycles. The van der Waals surface area contributed by atoms with E-state index in [9.17, 15) is 4.79 Å². The molecule has 0 amide bonds. The molecule has 8 heteroatoms. The van der Waals surface area contributed by atoms with Crippen LogP contribution in [0.5, 0.6) is 17.2 Å². The number of ether oxygens (including phenoxy) is 3. The number of benzene rings is 2. The number of para-hydroxylation sites is 1. The number of nitrogens with zero attached hydrogens (tertiary/aromatic N) is 2. The van der Waals surface area contributed by atoms with Crippen molar-refractivity contribution in [3.8, 4) is 40.1 Å². The Morgan fingerprint density at radius 3 is 2.59 bits per heavy atom. The second-order valence-electron chi connectivity index (χ2n) is 6.05. The van der Waals surface area contributed by atoms with Crippen molar-refractivity contribution >= 4 is 11.0 Å². The van der Waals surface area contributed by atoms with Gasteiger partial charge < -0.3 is 23.2 Å². The third-order valence-electron chi connectivity index (χ3n) is 4.32. The van der Waals surface area contributed by atoms with E-state index in [4.69, 9.17) is 23.2 Å². The van der Waals surface area contributed by atoms with E-state index in [0.29, 0.717) is 46.2 Å². The lowest BCUT2D eigenvalue weighted by atomic mass is 10.1. The van der Waals surface area contributed by atoms with Crippen LogP contribution in [0.1, 0.15) is 6.92 Å². The molecule has 2 aromatic carbocycles. The summed E-state index contributed by atoms with van der Waals surface area (Å²) in [5.74, 6) is 1.99. The number of methoxy groups -OCH3 is 2. The van der Waals surface area contributed by atoms with Gasteiger partial charge in [0.15, 0.2) is 22.8 Å². The lowest BCUT2D eigenvalue weighted by Gasteiger charge is -2.07. The van der Waals surface area contributed by atoms with E-state index in [1.54, 1.807) is 44.6 Å². The molecule has 4 aromatic rings. The summed E-state index contributed by atoms with van der Waals surface area (Å²) in [5.41, 5.74) is 0.613. The van der Waals surface area contributed by atoms with E-state index in [2.05, 4.69) is 10.1 Å². The maximum Gasteiger partial charge on any atom is 0.349 e. The molecule has 0 saturated carbocycles. The minimum atomic E-state index is -0.591. The van der Waals surface area contributed by atoms with Gasteiger partial charge in [-0.15, -0.1) is 0 Å². The van der Waals surface area contributed by atoms with Crippen molar-refractivity contribution in [1.29, 1.82) is 0 Å². The Bertz CT molecular complexity index is 1230. The van der Waals surface area contributed by atoms with E-state index in [0.717, 1.165) is 0 Å². The SMILES string of the molecule is CCOc1cccc2cc(-c3nc(-c4ccc(OC)c(OC)c4)no3)c(=O)oc12. The smallest absolute Gasteiger partial charge is 0.349 e. The molecule has 148 valence electrons. The highest BCUT2D eigenvalue weighted by Gasteiger charge is 2.18. The molecule has 0 aliphatic carbocycles. The summed E-state index contributed by atoms with van der Waals surface area (Å²) < 4.78 is 26.8. The van der Waals surface area contributed by atoms with Crippen molar-refractivity contribution in [2.45, 2.75) is 6.92 Å². The number of aromatic nitrogens is 2. The minimum absolute atomic E-state index is 0.0623. The quantitative estimate of drug-likeness (QED) is 0.454. The van der Waals surface area contributed by atoms with Gasteiger partial charge in [0.05, 0.1) is 20.8 Å². The van der Waals surface area contributed by atoms with E-state index in [1.165, 1.54) is 0 Å². The van der Waals surface area contributed by atoms with Crippen LogP contribution in [0.4, 0.5) is 0 Å². The molecule has 8 nitrogen and oxygen atoms in total. The summed E-state index contributed by atoms with van der Waals surface area (Å²) >= 11 is 0. The van der Waals surface area contributed by atoms with Gasteiger partial charge in [-0.05, 0) is 37.3 Å². The molecule has 0 fully saturated rings. The molecule has 0 radical (unpaired) electrons. The summed E-state index contributed by atoms with van der Waals surface area (Å²) in [5, 5.41) is 4.67. The van der Waals surface area contributed by atoms with Gasteiger partial charge in [0.2, 0.25) is 5.82 Å². The van der Waals surface area contributed by atoms with Crippen LogP contribution in [0, 0.1) is 0 Å². The molecule has 0 atom stereocenters. The zero-order valence-corrected chi connectivity index (χ0v) is 16.1. The molecule has 2 heterocycles. The van der Waals surface area contributed by atoms with Gasteiger partial charge in [0.1, 0.15) is 5.56 Å². The number of fused-ring (bicyclic) bond motifs is 1. The lowest BCUT2D eigenvalue weighted by molar-refractivity contribution is 0.337. The van der Waals surface area contributed by atoms with E-state index < -0.39 is 5.63 Å². The average Bonchev–Trinajstić information content (AvgIpc) is 3.23. The van der Waals surface area contributed by atoms with Crippen LogP contribution in [0.25, 0.3) is 33.8 Å². The molecule has 2 aromatic heterocycles. The van der Waals surface area contributed by atoms with Crippen LogP contribution in [0.2, 0.25) is 0 Å². The Morgan fingerprint density at radius 2 is 1.83 bits per heavy atom. The molecule has 29 heavy (non-hydrogen) atoms. The van der Waals surface area contributed by atoms with Gasteiger partial charge in [-0.2, -0.15) is 4.98 Å². The largest absolute Gasteiger partial charge is 0.493 e. The minimum Gasteiger partial charge on any atom is -0.493 e. The zero-order chi connectivity index (χ0) is 20.4. The summed E-state index contributed by atoms with van der Waals surface area (Å²) in [6, 6.07) is 12.3. The van der Waals surface area contributed by atoms with Crippen molar-refractivity contribution in [2.24, 2.45) is 0 Å². The molecular weight excluding hydrogens is 376 g/mol. The first-order valence-corrected chi connectivity index (χ1v) is 8.90. The maximum absolute atomic E-state index is 12.5. The van der Waals surface area contributed by atoms with Gasteiger partial charge in [0, 0.05) is 10.9 Å². The predicted octanol–water partition coefficient (Wildman–Crippen LogP) is 3.93. The summed E-state index contributed by atoms with van der Waals surface area (Å²) in [4.78, 5) is 16.9. The Labute approximate surface area is 165 Å². The first-order chi connectivity index (χ1) is 14.1. The normalized spacial score (nSPS) is 10.9. The fraction of sp³-hybridized carbons (Fsp3) is 0.190. The van der Waals surface area contributed by atoms with Gasteiger partial charge >= 0.3 is 5.63 Å². The van der Waals surface area contributed by atoms with Crippen LogP contribution in [-0.2, 0) is 0 Å². The highest BCUT2D eigenvalue weighted by molar-refractivity contribution is 5.85. The van der Waals surface area contributed by atoms with Crippen molar-refractivity contribution in [2.75, 3.05) is 20.8 Å².